The van der Waals surface area contributed by atoms with Gasteiger partial charge in [0.1, 0.15) is 0 Å². The van der Waals surface area contributed by atoms with E-state index in [1.54, 1.807) is 0 Å². The quantitative estimate of drug-likeness (QED) is 0.662. The summed E-state index contributed by atoms with van der Waals surface area (Å²) in [5.41, 5.74) is 0.215. The zero-order chi connectivity index (χ0) is 11.7. The van der Waals surface area contributed by atoms with Crippen LogP contribution in [0.4, 0.5) is 0 Å². The fourth-order valence-corrected chi connectivity index (χ4v) is 3.43. The van der Waals surface area contributed by atoms with Gasteiger partial charge in [0.15, 0.2) is 0 Å². The van der Waals surface area contributed by atoms with Crippen molar-refractivity contribution in [3.05, 3.63) is 0 Å². The van der Waals surface area contributed by atoms with Crippen LogP contribution >= 0.6 is 7.60 Å². The SMILES string of the molecule is COP(=O)(CC[C@]1(N(C)C)C[C@@H]1C)OC. The van der Waals surface area contributed by atoms with Gasteiger partial charge in [0, 0.05) is 19.8 Å². The zero-order valence-electron chi connectivity index (χ0n) is 10.3. The molecule has 0 aromatic heterocycles. The van der Waals surface area contributed by atoms with E-state index in [-0.39, 0.29) is 5.54 Å². The molecule has 0 spiro atoms. The molecule has 0 aromatic rings. The third-order valence-corrected chi connectivity index (χ3v) is 5.57. The second-order valence-electron chi connectivity index (χ2n) is 4.55. The van der Waals surface area contributed by atoms with Crippen LogP contribution in [0, 0.1) is 5.92 Å². The summed E-state index contributed by atoms with van der Waals surface area (Å²) in [6.07, 6.45) is 2.55. The summed E-state index contributed by atoms with van der Waals surface area (Å²) >= 11 is 0. The van der Waals surface area contributed by atoms with Gasteiger partial charge in [-0.25, -0.2) is 0 Å². The first kappa shape index (κ1) is 13.2. The molecule has 1 saturated carbocycles. The van der Waals surface area contributed by atoms with E-state index >= 15 is 0 Å². The van der Waals surface area contributed by atoms with Gasteiger partial charge in [0.2, 0.25) is 0 Å². The van der Waals surface area contributed by atoms with Crippen molar-refractivity contribution in [2.75, 3.05) is 34.5 Å². The van der Waals surface area contributed by atoms with E-state index in [0.717, 1.165) is 6.42 Å². The van der Waals surface area contributed by atoms with Gasteiger partial charge in [-0.05, 0) is 32.9 Å². The van der Waals surface area contributed by atoms with Crippen molar-refractivity contribution in [3.8, 4) is 0 Å². The molecule has 5 heteroatoms. The Bertz CT molecular complexity index is 261. The molecule has 90 valence electrons. The predicted octanol–water partition coefficient (Wildman–Crippen LogP) is 2.20. The maximum atomic E-state index is 11.9. The first-order valence-corrected chi connectivity index (χ1v) is 7.01. The number of rotatable bonds is 6. The first-order chi connectivity index (χ1) is 6.90. The average molecular weight is 235 g/mol. The second-order valence-corrected chi connectivity index (χ2v) is 6.95. The molecular weight excluding hydrogens is 213 g/mol. The highest BCUT2D eigenvalue weighted by Gasteiger charge is 2.53. The Morgan fingerprint density at radius 1 is 1.40 bits per heavy atom. The van der Waals surface area contributed by atoms with Crippen molar-refractivity contribution in [2.45, 2.75) is 25.3 Å². The van der Waals surface area contributed by atoms with Gasteiger partial charge in [-0.1, -0.05) is 6.92 Å². The van der Waals surface area contributed by atoms with E-state index in [9.17, 15) is 4.57 Å². The van der Waals surface area contributed by atoms with Gasteiger partial charge in [0.05, 0.1) is 6.16 Å². The van der Waals surface area contributed by atoms with E-state index < -0.39 is 7.60 Å². The van der Waals surface area contributed by atoms with Gasteiger partial charge >= 0.3 is 7.60 Å². The van der Waals surface area contributed by atoms with Crippen molar-refractivity contribution in [1.29, 1.82) is 0 Å². The fraction of sp³-hybridized carbons (Fsp3) is 1.00. The summed E-state index contributed by atoms with van der Waals surface area (Å²) in [6, 6.07) is 0. The Kier molecular flexibility index (Phi) is 3.99. The molecule has 1 aliphatic rings. The summed E-state index contributed by atoms with van der Waals surface area (Å²) in [6.45, 7) is 2.23. The lowest BCUT2D eigenvalue weighted by Crippen LogP contribution is -2.33. The molecule has 0 heterocycles. The normalized spacial score (nSPS) is 30.9. The molecule has 0 bridgehead atoms. The van der Waals surface area contributed by atoms with Crippen molar-refractivity contribution < 1.29 is 13.6 Å². The number of nitrogens with zero attached hydrogens (tertiary/aromatic N) is 1. The molecule has 0 saturated heterocycles. The summed E-state index contributed by atoms with van der Waals surface area (Å²) in [5, 5.41) is 0. The van der Waals surface area contributed by atoms with Crippen LogP contribution < -0.4 is 0 Å². The molecule has 0 amide bonds. The molecule has 0 unspecified atom stereocenters. The van der Waals surface area contributed by atoms with Crippen LogP contribution in [0.5, 0.6) is 0 Å². The van der Waals surface area contributed by atoms with E-state index in [0.29, 0.717) is 12.1 Å². The largest absolute Gasteiger partial charge is 0.330 e. The van der Waals surface area contributed by atoms with E-state index in [2.05, 4.69) is 25.9 Å². The Balaban J connectivity index is 2.53. The molecule has 0 aromatic carbocycles. The topological polar surface area (TPSA) is 38.8 Å². The maximum Gasteiger partial charge on any atom is 0.330 e. The van der Waals surface area contributed by atoms with Gasteiger partial charge in [-0.15, -0.1) is 0 Å². The Labute approximate surface area is 92.5 Å². The summed E-state index contributed by atoms with van der Waals surface area (Å²) < 4.78 is 21.8. The predicted molar refractivity (Wildman–Crippen MR) is 61.3 cm³/mol. The van der Waals surface area contributed by atoms with Gasteiger partial charge < -0.3 is 13.9 Å². The third-order valence-electron chi connectivity index (χ3n) is 3.68. The number of hydrogen-bond acceptors (Lipinski definition) is 4. The fourth-order valence-electron chi connectivity index (χ4n) is 2.25. The van der Waals surface area contributed by atoms with E-state index in [4.69, 9.17) is 9.05 Å². The van der Waals surface area contributed by atoms with E-state index in [1.165, 1.54) is 20.6 Å². The lowest BCUT2D eigenvalue weighted by Gasteiger charge is -2.26. The lowest BCUT2D eigenvalue weighted by molar-refractivity contribution is 0.233. The maximum absolute atomic E-state index is 11.9. The highest BCUT2D eigenvalue weighted by Crippen LogP contribution is 2.55. The van der Waals surface area contributed by atoms with Crippen molar-refractivity contribution in [1.82, 2.24) is 4.90 Å². The minimum atomic E-state index is -2.83. The van der Waals surface area contributed by atoms with Crippen LogP contribution in [0.25, 0.3) is 0 Å². The molecule has 15 heavy (non-hydrogen) atoms. The van der Waals surface area contributed by atoms with Crippen molar-refractivity contribution >= 4 is 7.60 Å². The smallest absolute Gasteiger partial charge is 0.312 e. The zero-order valence-corrected chi connectivity index (χ0v) is 11.2. The molecule has 1 rings (SSSR count). The Hall–Kier alpha value is 0.110. The van der Waals surface area contributed by atoms with Gasteiger partial charge in [-0.2, -0.15) is 0 Å². The highest BCUT2D eigenvalue weighted by molar-refractivity contribution is 7.53. The standard InChI is InChI=1S/C10H22NO3P/c1-9-8-10(9,11(2)3)6-7-15(12,13-4)14-5/h9H,6-8H2,1-5H3/t9-,10-/m0/s1. The molecule has 1 aliphatic carbocycles. The average Bonchev–Trinajstić information content (AvgIpc) is 2.88. The molecular formula is C10H22NO3P. The minimum absolute atomic E-state index is 0.215. The van der Waals surface area contributed by atoms with Crippen molar-refractivity contribution in [3.63, 3.8) is 0 Å². The molecule has 0 radical (unpaired) electrons. The lowest BCUT2D eigenvalue weighted by atomic mass is 10.1. The summed E-state index contributed by atoms with van der Waals surface area (Å²) in [4.78, 5) is 2.23. The monoisotopic (exact) mass is 235 g/mol. The van der Waals surface area contributed by atoms with Crippen LogP contribution in [-0.4, -0.2) is 44.9 Å². The number of hydrogen-bond donors (Lipinski definition) is 0. The van der Waals surface area contributed by atoms with Crippen LogP contribution in [0.2, 0.25) is 0 Å². The van der Waals surface area contributed by atoms with E-state index in [1.807, 2.05) is 0 Å². The van der Waals surface area contributed by atoms with Crippen LogP contribution in [0.3, 0.4) is 0 Å². The first-order valence-electron chi connectivity index (χ1n) is 5.28. The molecule has 4 nitrogen and oxygen atoms in total. The molecule has 2 atom stereocenters. The van der Waals surface area contributed by atoms with Gasteiger partial charge in [0.25, 0.3) is 0 Å². The molecule has 0 aliphatic heterocycles. The summed E-state index contributed by atoms with van der Waals surface area (Å²) in [7, 11) is 4.22. The molecule has 1 fully saturated rings. The molecule has 0 N–H and O–H groups in total. The van der Waals surface area contributed by atoms with Crippen LogP contribution in [0.15, 0.2) is 0 Å². The van der Waals surface area contributed by atoms with Gasteiger partial charge in [-0.3, -0.25) is 4.57 Å². The second kappa shape index (κ2) is 4.54. The third kappa shape index (κ3) is 2.62. The minimum Gasteiger partial charge on any atom is -0.312 e. The van der Waals surface area contributed by atoms with Crippen LogP contribution in [0.1, 0.15) is 19.8 Å². The Morgan fingerprint density at radius 2 is 1.87 bits per heavy atom. The van der Waals surface area contributed by atoms with Crippen molar-refractivity contribution in [2.24, 2.45) is 5.92 Å². The summed E-state index contributed by atoms with van der Waals surface area (Å²) in [5.74, 6) is 0.676. The Morgan fingerprint density at radius 3 is 2.13 bits per heavy atom. The highest BCUT2D eigenvalue weighted by atomic mass is 31.2. The van der Waals surface area contributed by atoms with Crippen LogP contribution in [-0.2, 0) is 13.6 Å².